The van der Waals surface area contributed by atoms with Gasteiger partial charge in [0.05, 0.1) is 10.7 Å². The summed E-state index contributed by atoms with van der Waals surface area (Å²) in [6.45, 7) is 3.78. The zero-order chi connectivity index (χ0) is 11.9. The van der Waals surface area contributed by atoms with Crippen LogP contribution in [-0.2, 0) is 10.0 Å². The van der Waals surface area contributed by atoms with Gasteiger partial charge in [-0.25, -0.2) is 0 Å². The van der Waals surface area contributed by atoms with E-state index < -0.39 is 10.0 Å². The van der Waals surface area contributed by atoms with Gasteiger partial charge in [-0.3, -0.25) is 0 Å². The van der Waals surface area contributed by atoms with Gasteiger partial charge in [0.25, 0.3) is 10.0 Å². The molecule has 0 aliphatic carbocycles. The van der Waals surface area contributed by atoms with Crippen LogP contribution in [0.15, 0.2) is 14.0 Å². The Balaban J connectivity index is 2.45. The highest BCUT2D eigenvalue weighted by atomic mass is 35.5. The second-order valence-electron chi connectivity index (χ2n) is 3.59. The molecule has 16 heavy (non-hydrogen) atoms. The lowest BCUT2D eigenvalue weighted by Gasteiger charge is -2.18. The van der Waals surface area contributed by atoms with Crippen molar-refractivity contribution in [2.45, 2.75) is 24.1 Å². The summed E-state index contributed by atoms with van der Waals surface area (Å²) in [4.78, 5) is 0. The van der Waals surface area contributed by atoms with Gasteiger partial charge in [-0.2, -0.15) is 8.42 Å². The van der Waals surface area contributed by atoms with Gasteiger partial charge in [-0.15, -0.1) is 15.7 Å². The molecule has 2 rings (SSSR count). The van der Waals surface area contributed by atoms with E-state index >= 15 is 0 Å². The number of thiophene rings is 1. The standard InChI is InChI=1S/C8H10ClN3O2S2/c1-4(2)10-8-11-6-5(9)3-15-7(6)16(13,14)12-8/h3-4H,1-2H3,(H2,10,11,12). The number of fused-ring (bicyclic) bond motifs is 1. The van der Waals surface area contributed by atoms with Crippen molar-refractivity contribution in [3.8, 4) is 0 Å². The molecule has 5 nitrogen and oxygen atoms in total. The number of hydrogen-bond acceptors (Lipinski definition) is 5. The summed E-state index contributed by atoms with van der Waals surface area (Å²) in [5.41, 5.74) is 0.407. The molecule has 0 amide bonds. The minimum absolute atomic E-state index is 0.0837. The van der Waals surface area contributed by atoms with Gasteiger partial charge >= 0.3 is 0 Å². The topological polar surface area (TPSA) is 70.6 Å². The zero-order valence-corrected chi connectivity index (χ0v) is 11.0. The minimum atomic E-state index is -3.62. The normalized spacial score (nSPS) is 17.6. The van der Waals surface area contributed by atoms with Crippen molar-refractivity contribution >= 4 is 44.6 Å². The molecule has 0 saturated carbocycles. The first-order valence-corrected chi connectivity index (χ1v) is 7.25. The number of halogens is 1. The van der Waals surface area contributed by atoms with E-state index in [9.17, 15) is 8.42 Å². The number of nitrogens with one attached hydrogen (secondary N) is 2. The van der Waals surface area contributed by atoms with E-state index in [1.165, 1.54) is 0 Å². The third-order valence-electron chi connectivity index (χ3n) is 1.83. The number of rotatable bonds is 1. The Kier molecular flexibility index (Phi) is 2.85. The molecule has 0 spiro atoms. The fraction of sp³-hybridized carbons (Fsp3) is 0.375. The maximum Gasteiger partial charge on any atom is 0.297 e. The first kappa shape index (κ1) is 11.7. The van der Waals surface area contributed by atoms with E-state index in [0.717, 1.165) is 11.3 Å². The molecule has 0 atom stereocenters. The van der Waals surface area contributed by atoms with Crippen LogP contribution >= 0.6 is 22.9 Å². The van der Waals surface area contributed by atoms with E-state index in [1.54, 1.807) is 5.38 Å². The lowest BCUT2D eigenvalue weighted by molar-refractivity contribution is 0.599. The van der Waals surface area contributed by atoms with Crippen LogP contribution in [-0.4, -0.2) is 20.4 Å². The Labute approximate surface area is 103 Å². The van der Waals surface area contributed by atoms with Crippen LogP contribution in [0.5, 0.6) is 0 Å². The van der Waals surface area contributed by atoms with Crippen LogP contribution in [0.2, 0.25) is 5.02 Å². The predicted molar refractivity (Wildman–Crippen MR) is 65.8 cm³/mol. The predicted octanol–water partition coefficient (Wildman–Crippen LogP) is 1.87. The summed E-state index contributed by atoms with van der Waals surface area (Å²) in [7, 11) is -3.62. The van der Waals surface area contributed by atoms with E-state index in [2.05, 4.69) is 15.0 Å². The summed E-state index contributed by atoms with van der Waals surface area (Å²) in [6, 6.07) is 0.0837. The number of anilines is 1. The Bertz CT molecular complexity index is 548. The second kappa shape index (κ2) is 3.90. The molecule has 0 bridgehead atoms. The summed E-state index contributed by atoms with van der Waals surface area (Å²) < 4.78 is 27.3. The fourth-order valence-electron chi connectivity index (χ4n) is 1.26. The molecule has 88 valence electrons. The van der Waals surface area contributed by atoms with Crippen molar-refractivity contribution in [1.82, 2.24) is 5.32 Å². The molecule has 1 aliphatic heterocycles. The highest BCUT2D eigenvalue weighted by molar-refractivity contribution is 7.92. The van der Waals surface area contributed by atoms with Gasteiger partial charge < -0.3 is 10.6 Å². The maximum absolute atomic E-state index is 11.8. The van der Waals surface area contributed by atoms with Crippen LogP contribution in [0.25, 0.3) is 0 Å². The smallest absolute Gasteiger partial charge is 0.297 e. The molecular formula is C8H10ClN3O2S2. The number of guanidine groups is 1. The lowest BCUT2D eigenvalue weighted by atomic mass is 10.4. The van der Waals surface area contributed by atoms with Crippen molar-refractivity contribution in [2.75, 3.05) is 5.32 Å². The molecule has 1 aromatic rings. The highest BCUT2D eigenvalue weighted by Gasteiger charge is 2.28. The molecule has 8 heteroatoms. The quantitative estimate of drug-likeness (QED) is 0.823. The van der Waals surface area contributed by atoms with Crippen LogP contribution in [0, 0.1) is 0 Å². The van der Waals surface area contributed by atoms with Crippen molar-refractivity contribution in [3.63, 3.8) is 0 Å². The first-order chi connectivity index (χ1) is 7.40. The Morgan fingerprint density at radius 3 is 2.88 bits per heavy atom. The first-order valence-electron chi connectivity index (χ1n) is 4.55. The third kappa shape index (κ3) is 2.02. The number of sulfonamides is 1. The zero-order valence-electron chi connectivity index (χ0n) is 8.61. The van der Waals surface area contributed by atoms with E-state index in [-0.39, 0.29) is 16.2 Å². The molecule has 1 aromatic heterocycles. The van der Waals surface area contributed by atoms with Crippen LogP contribution < -0.4 is 10.6 Å². The highest BCUT2D eigenvalue weighted by Crippen LogP contribution is 2.38. The molecule has 0 radical (unpaired) electrons. The molecule has 2 heterocycles. The SMILES string of the molecule is CC(C)NC1=NS(=O)(=O)c2scc(Cl)c2N1. The van der Waals surface area contributed by atoms with Crippen molar-refractivity contribution in [2.24, 2.45) is 4.40 Å². The van der Waals surface area contributed by atoms with Crippen molar-refractivity contribution in [1.29, 1.82) is 0 Å². The Morgan fingerprint density at radius 1 is 1.56 bits per heavy atom. The van der Waals surface area contributed by atoms with Gasteiger partial charge in [-0.1, -0.05) is 11.6 Å². The Morgan fingerprint density at radius 2 is 2.25 bits per heavy atom. The van der Waals surface area contributed by atoms with E-state index in [1.807, 2.05) is 13.8 Å². The van der Waals surface area contributed by atoms with Crippen LogP contribution in [0.1, 0.15) is 13.8 Å². The second-order valence-corrected chi connectivity index (χ2v) is 6.67. The van der Waals surface area contributed by atoms with Gasteiger partial charge in [0.1, 0.15) is 0 Å². The maximum atomic E-state index is 11.8. The summed E-state index contributed by atoms with van der Waals surface area (Å²) in [6.07, 6.45) is 0. The molecule has 0 fully saturated rings. The molecule has 0 saturated heterocycles. The molecule has 1 aliphatic rings. The average Bonchev–Trinajstić information content (AvgIpc) is 2.46. The summed E-state index contributed by atoms with van der Waals surface area (Å²) in [5, 5.41) is 7.74. The van der Waals surface area contributed by atoms with Crippen LogP contribution in [0.4, 0.5) is 5.69 Å². The third-order valence-corrected chi connectivity index (χ3v) is 5.04. The fourth-order valence-corrected chi connectivity index (χ4v) is 3.84. The Hall–Kier alpha value is -0.790. The van der Waals surface area contributed by atoms with Gasteiger partial charge in [0.2, 0.25) is 5.96 Å². The molecular weight excluding hydrogens is 270 g/mol. The van der Waals surface area contributed by atoms with Gasteiger partial charge in [-0.05, 0) is 13.8 Å². The van der Waals surface area contributed by atoms with Gasteiger partial charge in [0.15, 0.2) is 4.21 Å². The monoisotopic (exact) mass is 279 g/mol. The number of nitrogens with zero attached hydrogens (tertiary/aromatic N) is 1. The van der Waals surface area contributed by atoms with E-state index in [4.69, 9.17) is 11.6 Å². The average molecular weight is 280 g/mol. The number of hydrogen-bond donors (Lipinski definition) is 2. The van der Waals surface area contributed by atoms with E-state index in [0.29, 0.717) is 10.7 Å². The molecule has 2 N–H and O–H groups in total. The summed E-state index contributed by atoms with van der Waals surface area (Å²) in [5.74, 6) is 0.211. The van der Waals surface area contributed by atoms with Crippen molar-refractivity contribution < 1.29 is 8.42 Å². The summed E-state index contributed by atoms with van der Waals surface area (Å²) >= 11 is 6.95. The molecule has 0 aromatic carbocycles. The molecule has 0 unspecified atom stereocenters. The minimum Gasteiger partial charge on any atom is -0.353 e. The van der Waals surface area contributed by atoms with Crippen molar-refractivity contribution in [3.05, 3.63) is 10.4 Å². The lowest BCUT2D eigenvalue weighted by Crippen LogP contribution is -2.38. The van der Waals surface area contributed by atoms with Gasteiger partial charge in [0, 0.05) is 11.4 Å². The largest absolute Gasteiger partial charge is 0.353 e. The van der Waals surface area contributed by atoms with Crippen LogP contribution in [0.3, 0.4) is 0 Å².